The first-order chi connectivity index (χ1) is 25.1. The molecular weight excluding hydrogens is 724 g/mol. The number of esters is 3. The van der Waals surface area contributed by atoms with E-state index >= 15 is 0 Å². The average Bonchev–Trinajstić information content (AvgIpc) is 3.05. The summed E-state index contributed by atoms with van der Waals surface area (Å²) in [6.45, 7) is 2.69. The van der Waals surface area contributed by atoms with E-state index < -0.39 is 141 Å². The zero-order chi connectivity index (χ0) is 41.0. The second-order valence-electron chi connectivity index (χ2n) is 13.8. The molecule has 0 bridgehead atoms. The summed E-state index contributed by atoms with van der Waals surface area (Å²) in [5, 5.41) is 38.0. The number of carbonyl (C=O) groups is 3. The second-order valence-corrected chi connectivity index (χ2v) is 13.8. The molecule has 0 spiro atoms. The minimum atomic E-state index is -1.27. The van der Waals surface area contributed by atoms with E-state index in [0.29, 0.717) is 27.4 Å². The first-order valence-corrected chi connectivity index (χ1v) is 17.2. The fourth-order valence-electron chi connectivity index (χ4n) is 4.82. The molecule has 0 saturated carbocycles. The molecule has 0 amide bonds. The average molecular weight is 775 g/mol. The predicted molar refractivity (Wildman–Crippen MR) is 186 cm³/mol. The van der Waals surface area contributed by atoms with E-state index in [0.717, 1.165) is 0 Å². The van der Waals surface area contributed by atoms with Crippen LogP contribution in [-0.4, -0.2) is 109 Å². The van der Waals surface area contributed by atoms with Crippen molar-refractivity contribution in [2.24, 2.45) is 0 Å². The number of hydrogen-bond acceptors (Lipinski definition) is 16. The van der Waals surface area contributed by atoms with Crippen molar-refractivity contribution in [2.75, 3.05) is 26.4 Å². The van der Waals surface area contributed by atoms with Crippen molar-refractivity contribution in [3.05, 3.63) is 62.9 Å². The SMILES string of the molecule is CC(C)(O)CCn1c(=O)n(CCO)c(=O)n(CCOC(=O)CCn2c(=O)n(CCC(=O)OCC(O)CCO)c(=O)n(CCC(=O)OC(C)(C)C)c2=O)c1=O. The maximum Gasteiger partial charge on any atom is 0.336 e. The fourth-order valence-corrected chi connectivity index (χ4v) is 4.82. The highest BCUT2D eigenvalue weighted by Crippen LogP contribution is 2.09. The van der Waals surface area contributed by atoms with Crippen LogP contribution < -0.4 is 34.1 Å². The first-order valence-electron chi connectivity index (χ1n) is 17.2. The van der Waals surface area contributed by atoms with E-state index in [2.05, 4.69) is 0 Å². The summed E-state index contributed by atoms with van der Waals surface area (Å²) in [7, 11) is 0. The Morgan fingerprint density at radius 3 is 1.37 bits per heavy atom. The summed E-state index contributed by atoms with van der Waals surface area (Å²) >= 11 is 0. The summed E-state index contributed by atoms with van der Waals surface area (Å²) in [5.41, 5.74) is -8.84. The molecule has 2 aromatic heterocycles. The Hall–Kier alpha value is -4.93. The van der Waals surface area contributed by atoms with Crippen LogP contribution in [0.2, 0.25) is 0 Å². The topological polar surface area (TPSA) is 292 Å². The van der Waals surface area contributed by atoms with Crippen LogP contribution >= 0.6 is 0 Å². The molecule has 0 aromatic carbocycles. The van der Waals surface area contributed by atoms with Crippen LogP contribution in [0, 0.1) is 0 Å². The Bertz CT molecular complexity index is 1990. The summed E-state index contributed by atoms with van der Waals surface area (Å²) in [4.78, 5) is 116. The van der Waals surface area contributed by atoms with Crippen molar-refractivity contribution < 1.29 is 49.0 Å². The van der Waals surface area contributed by atoms with E-state index in [-0.39, 0.29) is 26.0 Å². The van der Waals surface area contributed by atoms with Gasteiger partial charge in [0.25, 0.3) is 0 Å². The van der Waals surface area contributed by atoms with Crippen LogP contribution in [0.5, 0.6) is 0 Å². The van der Waals surface area contributed by atoms with E-state index in [1.54, 1.807) is 20.8 Å². The van der Waals surface area contributed by atoms with Crippen molar-refractivity contribution in [3.8, 4) is 0 Å². The molecule has 0 aliphatic rings. The fraction of sp³-hybridized carbons (Fsp3) is 0.719. The molecule has 1 unspecified atom stereocenters. The molecule has 4 N–H and O–H groups in total. The van der Waals surface area contributed by atoms with Crippen molar-refractivity contribution in [1.82, 2.24) is 27.4 Å². The van der Waals surface area contributed by atoms with Gasteiger partial charge < -0.3 is 34.6 Å². The lowest BCUT2D eigenvalue weighted by atomic mass is 10.1. The Labute approximate surface area is 307 Å². The molecule has 0 saturated heterocycles. The lowest BCUT2D eigenvalue weighted by Crippen LogP contribution is -2.55. The van der Waals surface area contributed by atoms with Crippen LogP contribution in [-0.2, 0) is 67.9 Å². The highest BCUT2D eigenvalue weighted by molar-refractivity contribution is 5.70. The summed E-state index contributed by atoms with van der Waals surface area (Å²) < 4.78 is 18.8. The predicted octanol–water partition coefficient (Wildman–Crippen LogP) is -4.15. The molecule has 0 aliphatic heterocycles. The Morgan fingerprint density at radius 2 is 0.963 bits per heavy atom. The Morgan fingerprint density at radius 1 is 0.574 bits per heavy atom. The lowest BCUT2D eigenvalue weighted by Gasteiger charge is -2.19. The normalized spacial score (nSPS) is 12.4. The molecule has 2 rings (SSSR count). The van der Waals surface area contributed by atoms with Gasteiger partial charge >= 0.3 is 52.0 Å². The third-order valence-corrected chi connectivity index (χ3v) is 7.56. The van der Waals surface area contributed by atoms with Crippen LogP contribution in [0.25, 0.3) is 0 Å². The molecule has 22 nitrogen and oxygen atoms in total. The van der Waals surface area contributed by atoms with E-state index in [1.165, 1.54) is 13.8 Å². The summed E-state index contributed by atoms with van der Waals surface area (Å²) in [6.07, 6.45) is -2.91. The Kier molecular flexibility index (Phi) is 16.7. The van der Waals surface area contributed by atoms with Gasteiger partial charge in [-0.05, 0) is 47.5 Å². The number of aliphatic hydroxyl groups is 4. The largest absolute Gasteiger partial charge is 0.464 e. The van der Waals surface area contributed by atoms with Gasteiger partial charge in [0.05, 0.1) is 50.7 Å². The third kappa shape index (κ3) is 13.5. The zero-order valence-electron chi connectivity index (χ0n) is 31.1. The van der Waals surface area contributed by atoms with Crippen molar-refractivity contribution in [1.29, 1.82) is 0 Å². The van der Waals surface area contributed by atoms with E-state index in [9.17, 15) is 58.5 Å². The van der Waals surface area contributed by atoms with Crippen molar-refractivity contribution in [3.63, 3.8) is 0 Å². The molecule has 0 radical (unpaired) electrons. The smallest absolute Gasteiger partial charge is 0.336 e. The summed E-state index contributed by atoms with van der Waals surface area (Å²) in [5.74, 6) is -2.69. The molecule has 0 fully saturated rings. The van der Waals surface area contributed by atoms with Gasteiger partial charge in [-0.2, -0.15) is 0 Å². The number of carbonyl (C=O) groups excluding carboxylic acids is 3. The number of ether oxygens (including phenoxy) is 3. The minimum Gasteiger partial charge on any atom is -0.464 e. The minimum absolute atomic E-state index is 0.0382. The van der Waals surface area contributed by atoms with Gasteiger partial charge in [-0.25, -0.2) is 56.2 Å². The molecule has 2 aromatic rings. The third-order valence-electron chi connectivity index (χ3n) is 7.56. The molecule has 0 aliphatic carbocycles. The number of aromatic nitrogens is 6. The molecule has 2 heterocycles. The molecule has 1 atom stereocenters. The number of hydrogen-bond donors (Lipinski definition) is 4. The van der Waals surface area contributed by atoms with Crippen LogP contribution in [0.4, 0.5) is 0 Å². The van der Waals surface area contributed by atoms with E-state index in [4.69, 9.17) is 19.3 Å². The van der Waals surface area contributed by atoms with Gasteiger partial charge in [0, 0.05) is 32.8 Å². The molecule has 304 valence electrons. The maximum atomic E-state index is 13.3. The van der Waals surface area contributed by atoms with Gasteiger partial charge in [-0.3, -0.25) is 14.4 Å². The molecule has 54 heavy (non-hydrogen) atoms. The zero-order valence-corrected chi connectivity index (χ0v) is 31.1. The molecular formula is C32H50N6O16. The number of aliphatic hydroxyl groups excluding tert-OH is 3. The Balaban J connectivity index is 2.31. The van der Waals surface area contributed by atoms with Gasteiger partial charge in [0.2, 0.25) is 0 Å². The second kappa shape index (κ2) is 19.9. The standard InChI is InChI=1S/C32H50N6O16/c1-31(2,3)54-24(44)8-13-35-26(46)33(25(45)34(27(35)47)12-7-23(43)53-20-21(41)9-17-39)11-6-22(42)52-19-16-38-29(49)36(14-10-32(4,5)51)28(48)37(15-18-40)30(38)50/h21,39-41,51H,6-20H2,1-5H3. The van der Waals surface area contributed by atoms with Gasteiger partial charge in [-0.1, -0.05) is 0 Å². The number of nitrogens with zero attached hydrogens (tertiary/aromatic N) is 6. The molecule has 22 heteroatoms. The van der Waals surface area contributed by atoms with Crippen LogP contribution in [0.3, 0.4) is 0 Å². The lowest BCUT2D eigenvalue weighted by molar-refractivity contribution is -0.155. The maximum absolute atomic E-state index is 13.3. The van der Waals surface area contributed by atoms with Gasteiger partial charge in [0.15, 0.2) is 0 Å². The highest BCUT2D eigenvalue weighted by Gasteiger charge is 2.22. The monoisotopic (exact) mass is 774 g/mol. The quantitative estimate of drug-likeness (QED) is 0.0692. The van der Waals surface area contributed by atoms with Crippen LogP contribution in [0.15, 0.2) is 28.8 Å². The first kappa shape index (κ1) is 45.2. The highest BCUT2D eigenvalue weighted by atomic mass is 16.6. The van der Waals surface area contributed by atoms with Gasteiger partial charge in [0.1, 0.15) is 18.8 Å². The van der Waals surface area contributed by atoms with Crippen LogP contribution in [0.1, 0.15) is 66.7 Å². The number of rotatable bonds is 21. The summed E-state index contributed by atoms with van der Waals surface area (Å²) in [6, 6.07) is 0. The van der Waals surface area contributed by atoms with E-state index in [1.807, 2.05) is 0 Å². The van der Waals surface area contributed by atoms with Crippen molar-refractivity contribution in [2.45, 2.75) is 123 Å². The van der Waals surface area contributed by atoms with Gasteiger partial charge in [-0.15, -0.1) is 0 Å². The van der Waals surface area contributed by atoms with Crippen molar-refractivity contribution >= 4 is 17.9 Å².